The second kappa shape index (κ2) is 3.98. The van der Waals surface area contributed by atoms with Crippen LogP contribution in [0.4, 0.5) is 0 Å². The second-order valence-corrected chi connectivity index (χ2v) is 4.26. The predicted molar refractivity (Wildman–Crippen MR) is 57.3 cm³/mol. The van der Waals surface area contributed by atoms with Gasteiger partial charge in [0.05, 0.1) is 0 Å². The van der Waals surface area contributed by atoms with Crippen molar-refractivity contribution in [3.05, 3.63) is 54.6 Å². The summed E-state index contributed by atoms with van der Waals surface area (Å²) in [6, 6.07) is 19.0. The quantitative estimate of drug-likeness (QED) is 0.699. The zero-order chi connectivity index (χ0) is 9.10. The van der Waals surface area contributed by atoms with Gasteiger partial charge >= 0.3 is 92.3 Å². The minimum atomic E-state index is 1.30. The van der Waals surface area contributed by atoms with Gasteiger partial charge in [-0.3, -0.25) is 0 Å². The molecule has 0 atom stereocenters. The third kappa shape index (κ3) is 1.95. The summed E-state index contributed by atoms with van der Waals surface area (Å²) < 4.78 is 1.38. The first-order chi connectivity index (χ1) is 6.38. The molecule has 0 aliphatic carbocycles. The molecule has 2 radical (unpaired) electrons. The molecule has 1 heteroatoms. The summed E-state index contributed by atoms with van der Waals surface area (Å²) in [5, 5.41) is 0. The van der Waals surface area contributed by atoms with Crippen molar-refractivity contribution >= 4 is 26.5 Å². The zero-order valence-electron chi connectivity index (χ0n) is 7.14. The third-order valence-corrected chi connectivity index (χ3v) is 3.10. The summed E-state index contributed by atoms with van der Waals surface area (Å²) >= 11 is 1.77. The van der Waals surface area contributed by atoms with Crippen LogP contribution in [0, 0.1) is 0 Å². The van der Waals surface area contributed by atoms with Crippen LogP contribution in [0.15, 0.2) is 54.6 Å². The molecule has 0 bridgehead atoms. The Labute approximate surface area is 92.1 Å². The van der Waals surface area contributed by atoms with E-state index < -0.39 is 0 Å². The maximum atomic E-state index is 2.17. The summed E-state index contributed by atoms with van der Waals surface area (Å²) in [4.78, 5) is 0. The van der Waals surface area contributed by atoms with E-state index in [0.717, 1.165) is 0 Å². The van der Waals surface area contributed by atoms with Crippen molar-refractivity contribution in [1.82, 2.24) is 0 Å². The standard InChI is InChI=1S/C12H9.Sb/c1-3-7-11(8-4-1)12-9-5-2-6-10-12;/h1-9H;. The van der Waals surface area contributed by atoms with Crippen LogP contribution in [0.2, 0.25) is 0 Å². The van der Waals surface area contributed by atoms with Gasteiger partial charge in [0.15, 0.2) is 0 Å². The van der Waals surface area contributed by atoms with E-state index in [1.54, 1.807) is 23.0 Å². The molecule has 0 spiro atoms. The molecule has 0 fully saturated rings. The van der Waals surface area contributed by atoms with E-state index in [-0.39, 0.29) is 0 Å². The molecule has 2 aromatic carbocycles. The Morgan fingerprint density at radius 1 is 0.692 bits per heavy atom. The Morgan fingerprint density at radius 2 is 1.31 bits per heavy atom. The Hall–Kier alpha value is -0.742. The van der Waals surface area contributed by atoms with E-state index in [2.05, 4.69) is 48.5 Å². The van der Waals surface area contributed by atoms with Crippen molar-refractivity contribution in [1.29, 1.82) is 0 Å². The first-order valence-electron chi connectivity index (χ1n) is 4.21. The zero-order valence-corrected chi connectivity index (χ0v) is 9.70. The molecule has 13 heavy (non-hydrogen) atoms. The van der Waals surface area contributed by atoms with Crippen molar-refractivity contribution in [3.8, 4) is 11.1 Å². The monoisotopic (exact) mass is 274 g/mol. The molecule has 0 aliphatic rings. The second-order valence-electron chi connectivity index (χ2n) is 2.88. The number of benzene rings is 2. The van der Waals surface area contributed by atoms with Gasteiger partial charge in [0.25, 0.3) is 0 Å². The van der Waals surface area contributed by atoms with Gasteiger partial charge in [0, 0.05) is 0 Å². The summed E-state index contributed by atoms with van der Waals surface area (Å²) in [5.74, 6) is 0. The summed E-state index contributed by atoms with van der Waals surface area (Å²) in [6.07, 6.45) is 0. The van der Waals surface area contributed by atoms with E-state index in [0.29, 0.717) is 0 Å². The first-order valence-corrected chi connectivity index (χ1v) is 5.49. The van der Waals surface area contributed by atoms with Crippen LogP contribution in [0.25, 0.3) is 11.1 Å². The number of hydrogen-bond donors (Lipinski definition) is 0. The van der Waals surface area contributed by atoms with Crippen LogP contribution in [-0.4, -0.2) is 23.0 Å². The summed E-state index contributed by atoms with van der Waals surface area (Å²) in [7, 11) is 0. The van der Waals surface area contributed by atoms with Gasteiger partial charge < -0.3 is 0 Å². The van der Waals surface area contributed by atoms with Gasteiger partial charge in [0.1, 0.15) is 0 Å². The Bertz CT molecular complexity index is 393. The normalized spacial score (nSPS) is 9.92. The van der Waals surface area contributed by atoms with Gasteiger partial charge in [-0.15, -0.1) is 0 Å². The fourth-order valence-electron chi connectivity index (χ4n) is 1.34. The van der Waals surface area contributed by atoms with E-state index >= 15 is 0 Å². The van der Waals surface area contributed by atoms with E-state index in [1.165, 1.54) is 14.6 Å². The fraction of sp³-hybridized carbons (Fsp3) is 0. The van der Waals surface area contributed by atoms with Crippen LogP contribution in [-0.2, 0) is 0 Å². The van der Waals surface area contributed by atoms with Gasteiger partial charge in [-0.1, -0.05) is 0 Å². The van der Waals surface area contributed by atoms with Crippen molar-refractivity contribution in [2.75, 3.05) is 0 Å². The van der Waals surface area contributed by atoms with Crippen molar-refractivity contribution in [2.24, 2.45) is 0 Å². The molecule has 0 N–H and O–H groups in total. The van der Waals surface area contributed by atoms with Crippen molar-refractivity contribution < 1.29 is 0 Å². The molecular weight excluding hydrogens is 266 g/mol. The topological polar surface area (TPSA) is 0 Å². The van der Waals surface area contributed by atoms with Crippen LogP contribution in [0.1, 0.15) is 0 Å². The average Bonchev–Trinajstić information content (AvgIpc) is 2.20. The number of rotatable bonds is 1. The predicted octanol–water partition coefficient (Wildman–Crippen LogP) is 2.15. The van der Waals surface area contributed by atoms with E-state index in [1.807, 2.05) is 6.07 Å². The molecule has 62 valence electrons. The molecular formula is C12H9Sb. The fourth-order valence-corrected chi connectivity index (χ4v) is 2.16. The first kappa shape index (κ1) is 8.84. The van der Waals surface area contributed by atoms with Crippen LogP contribution in [0.3, 0.4) is 0 Å². The molecule has 0 saturated carbocycles. The maximum absolute atomic E-state index is 2.17. The Balaban J connectivity index is 2.54. The number of hydrogen-bond acceptors (Lipinski definition) is 0. The molecule has 0 unspecified atom stereocenters. The SMILES string of the molecule is [Sb][c]1ccccc1-c1ccccc1. The molecule has 0 saturated heterocycles. The Morgan fingerprint density at radius 3 is 2.00 bits per heavy atom. The van der Waals surface area contributed by atoms with E-state index in [4.69, 9.17) is 0 Å². The van der Waals surface area contributed by atoms with Crippen LogP contribution < -0.4 is 3.51 Å². The average molecular weight is 275 g/mol. The summed E-state index contributed by atoms with van der Waals surface area (Å²) in [6.45, 7) is 0. The molecule has 0 heterocycles. The molecule has 2 rings (SSSR count). The molecule has 2 aromatic rings. The van der Waals surface area contributed by atoms with Crippen molar-refractivity contribution in [2.45, 2.75) is 0 Å². The Kier molecular flexibility index (Phi) is 2.70. The van der Waals surface area contributed by atoms with Gasteiger partial charge in [0.2, 0.25) is 0 Å². The molecule has 0 aromatic heterocycles. The van der Waals surface area contributed by atoms with Gasteiger partial charge in [-0.25, -0.2) is 0 Å². The van der Waals surface area contributed by atoms with E-state index in [9.17, 15) is 0 Å². The van der Waals surface area contributed by atoms with Gasteiger partial charge in [-0.05, 0) is 0 Å². The van der Waals surface area contributed by atoms with Crippen LogP contribution in [0.5, 0.6) is 0 Å². The van der Waals surface area contributed by atoms with Crippen LogP contribution >= 0.6 is 0 Å². The van der Waals surface area contributed by atoms with Crippen molar-refractivity contribution in [3.63, 3.8) is 0 Å². The van der Waals surface area contributed by atoms with Gasteiger partial charge in [-0.2, -0.15) is 0 Å². The molecule has 0 aliphatic heterocycles. The summed E-state index contributed by atoms with van der Waals surface area (Å²) in [5.41, 5.74) is 2.65. The minimum absolute atomic E-state index is 1.30. The molecule has 0 nitrogen and oxygen atoms in total. The molecule has 0 amide bonds. The third-order valence-electron chi connectivity index (χ3n) is 1.99.